The number of hydrogen-bond donors (Lipinski definition) is 0. The molecule has 4 rings (SSSR count). The number of carbonyl (C=O) groups excluding carboxylic acids is 6. The third-order valence-corrected chi connectivity index (χ3v) is 8.72. The van der Waals surface area contributed by atoms with Gasteiger partial charge in [0.1, 0.15) is 0 Å². The Hall–Kier alpha value is -5.80. The van der Waals surface area contributed by atoms with Crippen LogP contribution in [0.2, 0.25) is 0 Å². The molecule has 4 fully saturated rings. The minimum Gasteiger partial charge on any atom is -0.383 e. The topological polar surface area (TPSA) is 176 Å². The lowest BCUT2D eigenvalue weighted by molar-refractivity contribution is -0.633. The van der Waals surface area contributed by atoms with Gasteiger partial charge in [-0.15, -0.1) is 0 Å². The molecule has 0 N–H and O–H groups in total. The molecule has 0 radical (unpaired) electrons. The van der Waals surface area contributed by atoms with Crippen LogP contribution in [0.25, 0.3) is 0 Å². The zero-order chi connectivity index (χ0) is 46.8. The van der Waals surface area contributed by atoms with E-state index < -0.39 is 119 Å². The molecule has 0 aromatic rings. The molecule has 0 unspecified atom stereocenters. The average Bonchev–Trinajstić information content (AvgIpc) is 3.14. The molecule has 4 bridgehead atoms. The molecule has 0 aromatic carbocycles. The van der Waals surface area contributed by atoms with Gasteiger partial charge in [-0.1, -0.05) is 39.5 Å². The van der Waals surface area contributed by atoms with E-state index in [0.29, 0.717) is 0 Å². The first-order valence-corrected chi connectivity index (χ1v) is 15.2. The largest absolute Gasteiger partial charge is 0.449 e. The normalized spacial score (nSPS) is 29.3. The van der Waals surface area contributed by atoms with E-state index in [1.807, 2.05) is 0 Å². The van der Waals surface area contributed by atoms with Crippen LogP contribution in [0.1, 0.15) is 0 Å². The van der Waals surface area contributed by atoms with Crippen LogP contribution >= 0.6 is 0 Å². The molecule has 332 valence electrons. The summed E-state index contributed by atoms with van der Waals surface area (Å²) < 4.78 is 261. The number of carbonyl (C=O) groups is 6. The Morgan fingerprint density at radius 1 is 0.350 bits per heavy atom. The first-order valence-electron chi connectivity index (χ1n) is 15.2. The van der Waals surface area contributed by atoms with E-state index >= 15 is 61.5 Å². The van der Waals surface area contributed by atoms with Crippen LogP contribution < -0.4 is 0 Å². The molecule has 0 heterocycles. The monoisotopic (exact) mass is 896 g/mol. The van der Waals surface area contributed by atoms with Gasteiger partial charge in [0.25, 0.3) is 11.2 Å². The van der Waals surface area contributed by atoms with Gasteiger partial charge in [0.15, 0.2) is 13.2 Å². The fourth-order valence-corrected chi connectivity index (χ4v) is 6.23. The molecular weight excluding hydrogens is 874 g/mol. The maximum atomic E-state index is 17.0. The molecule has 4 aliphatic carbocycles. The fraction of sp³-hybridized carbons (Fsp3) is 0.438. The highest BCUT2D eigenvalue weighted by atomic mass is 19.3. The van der Waals surface area contributed by atoms with Crippen LogP contribution in [0.4, 0.5) is 61.5 Å². The third kappa shape index (κ3) is 5.47. The van der Waals surface area contributed by atoms with E-state index in [1.54, 1.807) is 0 Å². The standard InChI is InChI=1S/C32H22F14O14/c1-7-15(47)55-21(56-16(48)8-2,57-17(49)9-3)13-53-25-28(37,38)23(33)27(35,36)24(34,29(25,39)40)31(43,44)26(30(23,41)42,32(25,45)46)54-14-22(58-18(50)10-4,59-19(51)11-5)60-20(52)12-6/h7-12H,1-6,13-14H2. The lowest BCUT2D eigenvalue weighted by atomic mass is 9.39. The van der Waals surface area contributed by atoms with E-state index in [0.717, 1.165) is 0 Å². The number of rotatable bonds is 18. The molecule has 0 atom stereocenters. The predicted octanol–water partition coefficient (Wildman–Crippen LogP) is 4.45. The summed E-state index contributed by atoms with van der Waals surface area (Å²) in [6.45, 7) is 9.67. The van der Waals surface area contributed by atoms with Gasteiger partial charge in [-0.25, -0.2) is 37.5 Å². The number of halogens is 14. The molecule has 28 heteroatoms. The highest BCUT2D eigenvalue weighted by molar-refractivity contribution is 5.86. The molecule has 14 nitrogen and oxygen atoms in total. The Labute approximate surface area is 323 Å². The molecule has 0 aromatic heterocycles. The highest BCUT2D eigenvalue weighted by Gasteiger charge is 3.23. The lowest BCUT2D eigenvalue weighted by Crippen LogP contribution is -3.11. The average molecular weight is 896 g/mol. The molecule has 60 heavy (non-hydrogen) atoms. The van der Waals surface area contributed by atoms with Crippen LogP contribution in [0, 0.1) is 0 Å². The Morgan fingerprint density at radius 3 is 0.700 bits per heavy atom. The van der Waals surface area contributed by atoms with Crippen molar-refractivity contribution in [1.82, 2.24) is 0 Å². The summed E-state index contributed by atoms with van der Waals surface area (Å²) in [4.78, 5) is 72.7. The number of hydrogen-bond acceptors (Lipinski definition) is 14. The van der Waals surface area contributed by atoms with E-state index in [4.69, 9.17) is 0 Å². The highest BCUT2D eigenvalue weighted by Crippen LogP contribution is 2.88. The molecule has 4 saturated carbocycles. The van der Waals surface area contributed by atoms with E-state index in [1.165, 1.54) is 0 Å². The lowest BCUT2D eigenvalue weighted by Gasteiger charge is -2.76. The number of alkyl halides is 14. The maximum absolute atomic E-state index is 17.0. The Morgan fingerprint density at radius 2 is 0.533 bits per heavy atom. The smallest absolute Gasteiger partial charge is 0.383 e. The van der Waals surface area contributed by atoms with Crippen molar-refractivity contribution in [2.24, 2.45) is 0 Å². The van der Waals surface area contributed by atoms with E-state index in [-0.39, 0.29) is 36.5 Å². The predicted molar refractivity (Wildman–Crippen MR) is 158 cm³/mol. The van der Waals surface area contributed by atoms with Gasteiger partial charge >= 0.3 is 94.6 Å². The van der Waals surface area contributed by atoms with Crippen molar-refractivity contribution in [1.29, 1.82) is 0 Å². The minimum absolute atomic E-state index is 0.0673. The van der Waals surface area contributed by atoms with Crippen LogP contribution in [0.15, 0.2) is 75.9 Å². The second-order valence-corrected chi connectivity index (χ2v) is 11.8. The second kappa shape index (κ2) is 14.4. The summed E-state index contributed by atoms with van der Waals surface area (Å²) in [5.74, 6) is -71.6. The summed E-state index contributed by atoms with van der Waals surface area (Å²) >= 11 is 0. The molecule has 0 aliphatic heterocycles. The summed E-state index contributed by atoms with van der Waals surface area (Å²) in [6.07, 6.45) is -0.404. The molecule has 0 saturated heterocycles. The Balaban J connectivity index is 2.62. The van der Waals surface area contributed by atoms with Gasteiger partial charge in [0, 0.05) is 36.5 Å². The van der Waals surface area contributed by atoms with Crippen molar-refractivity contribution in [3.8, 4) is 0 Å². The van der Waals surface area contributed by atoms with Crippen molar-refractivity contribution in [3.63, 3.8) is 0 Å². The van der Waals surface area contributed by atoms with Crippen LogP contribution in [-0.2, 0) is 66.7 Å². The Kier molecular flexibility index (Phi) is 11.7. The maximum Gasteiger partial charge on any atom is 0.449 e. The third-order valence-electron chi connectivity index (χ3n) is 8.72. The Bertz CT molecular complexity index is 1670. The van der Waals surface area contributed by atoms with Crippen molar-refractivity contribution < 1.29 is 128 Å². The first kappa shape index (κ1) is 48.6. The van der Waals surface area contributed by atoms with Gasteiger partial charge in [-0.3, -0.25) is 0 Å². The number of esters is 6. The van der Waals surface area contributed by atoms with Gasteiger partial charge in [0.2, 0.25) is 0 Å². The summed E-state index contributed by atoms with van der Waals surface area (Å²) in [7, 11) is 0. The zero-order valence-corrected chi connectivity index (χ0v) is 29.1. The molecule has 4 aliphatic rings. The molecule has 0 amide bonds. The molecule has 0 spiro atoms. The van der Waals surface area contributed by atoms with Crippen LogP contribution in [0.3, 0.4) is 0 Å². The van der Waals surface area contributed by atoms with Crippen molar-refractivity contribution in [2.75, 3.05) is 13.2 Å². The zero-order valence-electron chi connectivity index (χ0n) is 29.1. The fourth-order valence-electron chi connectivity index (χ4n) is 6.23. The van der Waals surface area contributed by atoms with Gasteiger partial charge in [0.05, 0.1) is 0 Å². The summed E-state index contributed by atoms with van der Waals surface area (Å²) in [5, 5.41) is 0. The molecular formula is C32H22F14O14. The summed E-state index contributed by atoms with van der Waals surface area (Å²) in [5.41, 5.74) is -31.7. The van der Waals surface area contributed by atoms with Crippen molar-refractivity contribution >= 4 is 35.8 Å². The quantitative estimate of drug-likeness (QED) is 0.0817. The number of ether oxygens (including phenoxy) is 8. The van der Waals surface area contributed by atoms with Gasteiger partial charge in [-0.2, -0.15) is 52.7 Å². The van der Waals surface area contributed by atoms with Crippen molar-refractivity contribution in [2.45, 2.75) is 70.0 Å². The van der Waals surface area contributed by atoms with Crippen molar-refractivity contribution in [3.05, 3.63) is 75.9 Å². The van der Waals surface area contributed by atoms with Crippen LogP contribution in [-0.4, -0.2) is 119 Å². The minimum atomic E-state index is -8.29. The van der Waals surface area contributed by atoms with Crippen LogP contribution in [0.5, 0.6) is 0 Å². The van der Waals surface area contributed by atoms with Gasteiger partial charge < -0.3 is 37.9 Å². The van der Waals surface area contributed by atoms with E-state index in [9.17, 15) is 28.8 Å². The first-order chi connectivity index (χ1) is 27.1. The second-order valence-electron chi connectivity index (χ2n) is 11.8. The van der Waals surface area contributed by atoms with E-state index in [2.05, 4.69) is 77.4 Å². The summed E-state index contributed by atoms with van der Waals surface area (Å²) in [6, 6.07) is 0. The SMILES string of the molecule is C=CC(=O)OC(COC12C(F)(F)C3(F)C(F)(F)C(F)(C1(F)F)C(F)(F)C(OCC(OC(=O)C=C)(OC(=O)C=C)OC(=O)C=C)(C3(F)F)C2(F)F)(OC(=O)C=C)OC(=O)C=C. The van der Waals surface area contributed by atoms with Gasteiger partial charge in [-0.05, 0) is 0 Å².